The summed E-state index contributed by atoms with van der Waals surface area (Å²) in [4.78, 5) is 36.1. The van der Waals surface area contributed by atoms with Crippen molar-refractivity contribution in [2.24, 2.45) is 11.7 Å². The third-order valence-corrected chi connectivity index (χ3v) is 6.62. The Morgan fingerprint density at radius 2 is 1.75 bits per heavy atom. The standard InChI is InChI=1S/C26H29N5O5/c1-36-20-5-3-2-4-19(20)25(33)29-14-15-6-8-16(9-7-15)22-21(24(28)32)23(27)31(30-22)18-12-10-17(11-13-18)26(34)35/h2-9,17-18H,10-14,27H2,1H3,(H2,28,32)(H,29,33)(H,34,35). The highest BCUT2D eigenvalue weighted by Gasteiger charge is 2.31. The molecular weight excluding hydrogens is 462 g/mol. The van der Waals surface area contributed by atoms with Gasteiger partial charge < -0.3 is 26.6 Å². The third-order valence-electron chi connectivity index (χ3n) is 6.62. The Bertz CT molecular complexity index is 1280. The van der Waals surface area contributed by atoms with Crippen LogP contribution in [0.1, 0.15) is 58.0 Å². The molecule has 1 aliphatic rings. The first-order valence-electron chi connectivity index (χ1n) is 11.7. The van der Waals surface area contributed by atoms with Crippen molar-refractivity contribution in [1.82, 2.24) is 15.1 Å². The van der Waals surface area contributed by atoms with E-state index in [1.807, 2.05) is 12.1 Å². The molecule has 0 atom stereocenters. The number of aromatic nitrogens is 2. The molecule has 2 aromatic carbocycles. The number of anilines is 1. The van der Waals surface area contributed by atoms with Crippen LogP contribution in [0.15, 0.2) is 48.5 Å². The lowest BCUT2D eigenvalue weighted by Gasteiger charge is -2.26. The predicted molar refractivity (Wildman–Crippen MR) is 133 cm³/mol. The van der Waals surface area contributed by atoms with Crippen LogP contribution >= 0.6 is 0 Å². The number of amides is 2. The van der Waals surface area contributed by atoms with E-state index in [4.69, 9.17) is 16.2 Å². The zero-order valence-electron chi connectivity index (χ0n) is 19.9. The summed E-state index contributed by atoms with van der Waals surface area (Å²) >= 11 is 0. The number of hydrogen-bond acceptors (Lipinski definition) is 6. The number of ether oxygens (including phenoxy) is 1. The van der Waals surface area contributed by atoms with Crippen LogP contribution in [0.25, 0.3) is 11.3 Å². The molecule has 10 heteroatoms. The Kier molecular flexibility index (Phi) is 7.23. The summed E-state index contributed by atoms with van der Waals surface area (Å²) in [6.45, 7) is 0.295. The van der Waals surface area contributed by atoms with Crippen molar-refractivity contribution in [3.05, 3.63) is 65.2 Å². The number of aliphatic carboxylic acids is 1. The Hall–Kier alpha value is -4.34. The number of nitrogen functional groups attached to an aromatic ring is 1. The number of hydrogen-bond donors (Lipinski definition) is 4. The van der Waals surface area contributed by atoms with E-state index in [0.717, 1.165) is 5.56 Å². The fraction of sp³-hybridized carbons (Fsp3) is 0.308. The second-order valence-corrected chi connectivity index (χ2v) is 8.84. The van der Waals surface area contributed by atoms with E-state index in [2.05, 4.69) is 10.4 Å². The number of carboxylic acid groups (broad SMARTS) is 1. The van der Waals surface area contributed by atoms with Crippen LogP contribution in [-0.2, 0) is 11.3 Å². The van der Waals surface area contributed by atoms with E-state index in [-0.39, 0.29) is 29.2 Å². The molecule has 1 saturated carbocycles. The Morgan fingerprint density at radius 3 is 2.36 bits per heavy atom. The quantitative estimate of drug-likeness (QED) is 0.376. The predicted octanol–water partition coefficient (Wildman–Crippen LogP) is 2.99. The highest BCUT2D eigenvalue weighted by atomic mass is 16.5. The van der Waals surface area contributed by atoms with Gasteiger partial charge in [0.05, 0.1) is 24.6 Å². The van der Waals surface area contributed by atoms with E-state index in [1.54, 1.807) is 41.1 Å². The van der Waals surface area contributed by atoms with Gasteiger partial charge in [0.2, 0.25) is 0 Å². The van der Waals surface area contributed by atoms with E-state index >= 15 is 0 Å². The van der Waals surface area contributed by atoms with Crippen molar-refractivity contribution in [3.63, 3.8) is 0 Å². The van der Waals surface area contributed by atoms with Gasteiger partial charge in [-0.3, -0.25) is 14.4 Å². The van der Waals surface area contributed by atoms with Crippen LogP contribution < -0.4 is 21.5 Å². The molecule has 0 saturated heterocycles. The van der Waals surface area contributed by atoms with Gasteiger partial charge in [-0.1, -0.05) is 36.4 Å². The molecule has 0 aliphatic heterocycles. The largest absolute Gasteiger partial charge is 0.496 e. The second kappa shape index (κ2) is 10.5. The molecule has 0 radical (unpaired) electrons. The molecule has 0 unspecified atom stereocenters. The number of methoxy groups -OCH3 is 1. The van der Waals surface area contributed by atoms with Crippen LogP contribution in [0.3, 0.4) is 0 Å². The summed E-state index contributed by atoms with van der Waals surface area (Å²) in [6, 6.07) is 14.1. The van der Waals surface area contributed by atoms with Gasteiger partial charge in [0, 0.05) is 12.1 Å². The van der Waals surface area contributed by atoms with Crippen molar-refractivity contribution < 1.29 is 24.2 Å². The summed E-state index contributed by atoms with van der Waals surface area (Å²) in [5.41, 5.74) is 14.4. The summed E-state index contributed by atoms with van der Waals surface area (Å²) in [5.74, 6) is -1.42. The average molecular weight is 492 g/mol. The lowest BCUT2D eigenvalue weighted by Crippen LogP contribution is -2.25. The summed E-state index contributed by atoms with van der Waals surface area (Å²) in [6.07, 6.45) is 2.25. The molecule has 1 heterocycles. The van der Waals surface area contributed by atoms with Crippen molar-refractivity contribution >= 4 is 23.6 Å². The van der Waals surface area contributed by atoms with Gasteiger partial charge in [-0.15, -0.1) is 0 Å². The molecule has 4 rings (SSSR count). The molecular formula is C26H29N5O5. The summed E-state index contributed by atoms with van der Waals surface area (Å²) < 4.78 is 6.85. The van der Waals surface area contributed by atoms with Gasteiger partial charge >= 0.3 is 5.97 Å². The molecule has 1 aromatic heterocycles. The lowest BCUT2D eigenvalue weighted by molar-refractivity contribution is -0.143. The zero-order valence-corrected chi connectivity index (χ0v) is 19.9. The number of benzene rings is 2. The Balaban J connectivity index is 1.50. The first kappa shape index (κ1) is 24.8. The molecule has 2 amide bonds. The number of primary amides is 1. The molecule has 3 aromatic rings. The van der Waals surface area contributed by atoms with E-state index < -0.39 is 11.9 Å². The molecule has 1 aliphatic carbocycles. The van der Waals surface area contributed by atoms with Gasteiger partial charge in [-0.2, -0.15) is 5.10 Å². The van der Waals surface area contributed by atoms with Crippen LogP contribution in [0.5, 0.6) is 5.75 Å². The maximum absolute atomic E-state index is 12.6. The molecule has 0 bridgehead atoms. The highest BCUT2D eigenvalue weighted by Crippen LogP contribution is 2.36. The number of carbonyl (C=O) groups excluding carboxylic acids is 2. The Morgan fingerprint density at radius 1 is 1.08 bits per heavy atom. The number of para-hydroxylation sites is 1. The van der Waals surface area contributed by atoms with Gasteiger partial charge in [0.1, 0.15) is 22.8 Å². The van der Waals surface area contributed by atoms with E-state index in [0.29, 0.717) is 54.8 Å². The normalized spacial score (nSPS) is 17.4. The van der Waals surface area contributed by atoms with E-state index in [1.165, 1.54) is 7.11 Å². The van der Waals surface area contributed by atoms with Crippen LogP contribution in [0, 0.1) is 5.92 Å². The SMILES string of the molecule is COc1ccccc1C(=O)NCc1ccc(-c2nn(C3CCC(C(=O)O)CC3)c(N)c2C(N)=O)cc1. The van der Waals surface area contributed by atoms with Gasteiger partial charge in [-0.25, -0.2) is 4.68 Å². The molecule has 1 fully saturated rings. The Labute approximate surface area is 208 Å². The minimum absolute atomic E-state index is 0.100. The van der Waals surface area contributed by atoms with Crippen LogP contribution in [-0.4, -0.2) is 39.8 Å². The second-order valence-electron chi connectivity index (χ2n) is 8.84. The van der Waals surface area contributed by atoms with Crippen LogP contribution in [0.2, 0.25) is 0 Å². The van der Waals surface area contributed by atoms with Gasteiger partial charge in [0.25, 0.3) is 11.8 Å². The minimum atomic E-state index is -0.792. The first-order valence-corrected chi connectivity index (χ1v) is 11.7. The number of carboxylic acids is 1. The minimum Gasteiger partial charge on any atom is -0.496 e. The molecule has 10 nitrogen and oxygen atoms in total. The van der Waals surface area contributed by atoms with Crippen molar-refractivity contribution in [1.29, 1.82) is 0 Å². The summed E-state index contributed by atoms with van der Waals surface area (Å²) in [7, 11) is 1.51. The van der Waals surface area contributed by atoms with Gasteiger partial charge in [-0.05, 0) is 43.4 Å². The first-order chi connectivity index (χ1) is 17.3. The number of nitrogens with one attached hydrogen (secondary N) is 1. The number of nitrogens with zero attached hydrogens (tertiary/aromatic N) is 2. The molecule has 188 valence electrons. The van der Waals surface area contributed by atoms with Crippen molar-refractivity contribution in [2.75, 3.05) is 12.8 Å². The van der Waals surface area contributed by atoms with Crippen LogP contribution in [0.4, 0.5) is 5.82 Å². The summed E-state index contributed by atoms with van der Waals surface area (Å²) in [5, 5.41) is 16.7. The maximum atomic E-state index is 12.6. The zero-order chi connectivity index (χ0) is 25.8. The fourth-order valence-electron chi connectivity index (χ4n) is 4.63. The van der Waals surface area contributed by atoms with Gasteiger partial charge in [0.15, 0.2) is 0 Å². The average Bonchev–Trinajstić information content (AvgIpc) is 3.24. The maximum Gasteiger partial charge on any atom is 0.306 e. The fourth-order valence-corrected chi connectivity index (χ4v) is 4.63. The third kappa shape index (κ3) is 5.02. The number of carbonyl (C=O) groups is 3. The van der Waals surface area contributed by atoms with E-state index in [9.17, 15) is 19.5 Å². The van der Waals surface area contributed by atoms with Crippen molar-refractivity contribution in [2.45, 2.75) is 38.3 Å². The monoisotopic (exact) mass is 491 g/mol. The lowest BCUT2D eigenvalue weighted by atomic mass is 9.86. The van der Waals surface area contributed by atoms with Crippen molar-refractivity contribution in [3.8, 4) is 17.0 Å². The smallest absolute Gasteiger partial charge is 0.306 e. The molecule has 0 spiro atoms. The number of nitrogens with two attached hydrogens (primary N) is 2. The highest BCUT2D eigenvalue weighted by molar-refractivity contribution is 6.03. The molecule has 36 heavy (non-hydrogen) atoms. The number of rotatable bonds is 8. The topological polar surface area (TPSA) is 163 Å². The molecule has 6 N–H and O–H groups in total.